The molecule has 0 aliphatic carbocycles. The van der Waals surface area contributed by atoms with Crippen LogP contribution in [0.25, 0.3) is 5.57 Å². The summed E-state index contributed by atoms with van der Waals surface area (Å²) in [5, 5.41) is 1.87. The number of nitrogens with zero attached hydrogens (tertiary/aromatic N) is 1. The van der Waals surface area contributed by atoms with E-state index < -0.39 is 0 Å². The molecule has 1 aromatic rings. The van der Waals surface area contributed by atoms with Gasteiger partial charge in [-0.25, -0.2) is 0 Å². The fraction of sp³-hybridized carbons (Fsp3) is 0.235. The van der Waals surface area contributed by atoms with E-state index in [9.17, 15) is 0 Å². The van der Waals surface area contributed by atoms with E-state index in [0.717, 1.165) is 34.4 Å². The van der Waals surface area contributed by atoms with E-state index in [1.165, 1.54) is 11.1 Å². The number of benzene rings is 1. The first kappa shape index (κ1) is 15.2. The molecule has 0 amide bonds. The molecule has 0 saturated carbocycles. The molecule has 0 aromatic heterocycles. The van der Waals surface area contributed by atoms with Crippen LogP contribution in [0.2, 0.25) is 5.02 Å². The van der Waals surface area contributed by atoms with Crippen molar-refractivity contribution in [1.29, 1.82) is 0 Å². The second-order valence-corrected chi connectivity index (χ2v) is 5.79. The van der Waals surface area contributed by atoms with Crippen molar-refractivity contribution in [2.75, 3.05) is 0 Å². The second-order valence-electron chi connectivity index (χ2n) is 4.72. The van der Waals surface area contributed by atoms with Crippen LogP contribution in [-0.4, -0.2) is 5.71 Å². The van der Waals surface area contributed by atoms with Gasteiger partial charge < -0.3 is 0 Å². The van der Waals surface area contributed by atoms with Crippen LogP contribution in [0.3, 0.4) is 0 Å². The third-order valence-electron chi connectivity index (χ3n) is 3.20. The molecule has 1 nitrogen and oxygen atoms in total. The van der Waals surface area contributed by atoms with Crippen LogP contribution in [0.15, 0.2) is 53.2 Å². The van der Waals surface area contributed by atoms with Gasteiger partial charge in [-0.3, -0.25) is 4.99 Å². The van der Waals surface area contributed by atoms with Gasteiger partial charge >= 0.3 is 0 Å². The van der Waals surface area contributed by atoms with Gasteiger partial charge in [0.25, 0.3) is 0 Å². The Morgan fingerprint density at radius 2 is 2.25 bits per heavy atom. The summed E-state index contributed by atoms with van der Waals surface area (Å²) in [7, 11) is 2.68. The molecule has 0 saturated heterocycles. The minimum Gasteiger partial charge on any atom is -0.261 e. The molecule has 0 bridgehead atoms. The number of halogens is 1. The molecular formula is C17H19ClNP. The first-order valence-corrected chi connectivity index (χ1v) is 7.75. The van der Waals surface area contributed by atoms with E-state index >= 15 is 0 Å². The lowest BCUT2D eigenvalue weighted by atomic mass is 9.93. The van der Waals surface area contributed by atoms with Gasteiger partial charge in [0.05, 0.1) is 0 Å². The van der Waals surface area contributed by atoms with E-state index in [2.05, 4.69) is 51.5 Å². The first-order valence-electron chi connectivity index (χ1n) is 6.79. The van der Waals surface area contributed by atoms with Gasteiger partial charge in [0.2, 0.25) is 0 Å². The highest BCUT2D eigenvalue weighted by Gasteiger charge is 2.14. The van der Waals surface area contributed by atoms with Gasteiger partial charge in [-0.2, -0.15) is 0 Å². The molecule has 1 heterocycles. The van der Waals surface area contributed by atoms with E-state index in [1.807, 2.05) is 19.2 Å². The van der Waals surface area contributed by atoms with Gasteiger partial charge in [0.15, 0.2) is 0 Å². The van der Waals surface area contributed by atoms with Crippen LogP contribution in [0, 0.1) is 0 Å². The number of hydrogen-bond acceptors (Lipinski definition) is 1. The van der Waals surface area contributed by atoms with E-state index in [0.29, 0.717) is 0 Å². The number of aliphatic imine (C=N–C) groups is 1. The largest absolute Gasteiger partial charge is 0.261 e. The number of allylic oxidation sites excluding steroid dienone is 5. The molecule has 3 heteroatoms. The maximum Gasteiger partial charge on any atom is 0.0490 e. The van der Waals surface area contributed by atoms with Gasteiger partial charge in [0.1, 0.15) is 0 Å². The molecule has 0 fully saturated rings. The summed E-state index contributed by atoms with van der Waals surface area (Å²) in [4.78, 5) is 4.46. The summed E-state index contributed by atoms with van der Waals surface area (Å²) >= 11 is 6.43. The normalized spacial score (nSPS) is 15.7. The maximum atomic E-state index is 6.43. The molecule has 1 aliphatic heterocycles. The Kier molecular flexibility index (Phi) is 5.34. The smallest absolute Gasteiger partial charge is 0.0490 e. The molecule has 1 atom stereocenters. The summed E-state index contributed by atoms with van der Waals surface area (Å²) in [5.41, 5.74) is 4.45. The van der Waals surface area contributed by atoms with E-state index in [1.54, 1.807) is 0 Å². The molecular weight excluding hydrogens is 285 g/mol. The van der Waals surface area contributed by atoms with Crippen molar-refractivity contribution >= 4 is 37.4 Å². The standard InChI is InChI=1S/C17H19ClNP/c1-3-6-15(14-7-4-5-10-19-12(14)2)16-9-8-13(20)11-17(16)18/h5-11H,3-4,20H2,1-2H3/b15-6+. The Balaban J connectivity index is 2.52. The van der Waals surface area contributed by atoms with Crippen molar-refractivity contribution in [2.24, 2.45) is 4.99 Å². The lowest BCUT2D eigenvalue weighted by Gasteiger charge is -2.14. The third-order valence-corrected chi connectivity index (χ3v) is 3.87. The van der Waals surface area contributed by atoms with Crippen LogP contribution in [0.4, 0.5) is 0 Å². The predicted octanol–water partition coefficient (Wildman–Crippen LogP) is 4.94. The molecule has 0 N–H and O–H groups in total. The zero-order valence-electron chi connectivity index (χ0n) is 11.9. The maximum absolute atomic E-state index is 6.43. The van der Waals surface area contributed by atoms with Gasteiger partial charge in [-0.05, 0) is 42.3 Å². The van der Waals surface area contributed by atoms with Crippen molar-refractivity contribution in [2.45, 2.75) is 26.7 Å². The molecule has 0 spiro atoms. The highest BCUT2D eigenvalue weighted by atomic mass is 35.5. The van der Waals surface area contributed by atoms with Crippen molar-refractivity contribution in [3.63, 3.8) is 0 Å². The van der Waals surface area contributed by atoms with E-state index in [-0.39, 0.29) is 0 Å². The van der Waals surface area contributed by atoms with Crippen molar-refractivity contribution in [1.82, 2.24) is 0 Å². The molecule has 1 unspecified atom stereocenters. The quantitative estimate of drug-likeness (QED) is 0.701. The lowest BCUT2D eigenvalue weighted by molar-refractivity contribution is 1.22. The number of hydrogen-bond donors (Lipinski definition) is 0. The molecule has 104 valence electrons. The third kappa shape index (κ3) is 3.48. The average molecular weight is 304 g/mol. The van der Waals surface area contributed by atoms with Gasteiger partial charge in [-0.1, -0.05) is 48.9 Å². The average Bonchev–Trinajstić information content (AvgIpc) is 2.62. The molecule has 20 heavy (non-hydrogen) atoms. The van der Waals surface area contributed by atoms with Crippen molar-refractivity contribution in [3.05, 3.63) is 58.8 Å². The highest BCUT2D eigenvalue weighted by molar-refractivity contribution is 7.27. The molecule has 2 rings (SSSR count). The minimum absolute atomic E-state index is 0.781. The Morgan fingerprint density at radius 3 is 2.95 bits per heavy atom. The Labute approximate surface area is 128 Å². The monoisotopic (exact) mass is 303 g/mol. The van der Waals surface area contributed by atoms with Crippen LogP contribution in [-0.2, 0) is 0 Å². The van der Waals surface area contributed by atoms with Crippen LogP contribution in [0.5, 0.6) is 0 Å². The fourth-order valence-electron chi connectivity index (χ4n) is 2.25. The Bertz CT molecular complexity index is 624. The topological polar surface area (TPSA) is 12.4 Å². The summed E-state index contributed by atoms with van der Waals surface area (Å²) in [6.07, 6.45) is 10.2. The fourth-order valence-corrected chi connectivity index (χ4v) is 2.91. The van der Waals surface area contributed by atoms with Gasteiger partial charge in [0, 0.05) is 22.5 Å². The van der Waals surface area contributed by atoms with Crippen LogP contribution < -0.4 is 5.30 Å². The Hall–Kier alpha value is -1.17. The Morgan fingerprint density at radius 1 is 1.45 bits per heavy atom. The highest BCUT2D eigenvalue weighted by Crippen LogP contribution is 2.31. The van der Waals surface area contributed by atoms with Crippen LogP contribution in [0.1, 0.15) is 32.3 Å². The first-order chi connectivity index (χ1) is 9.63. The summed E-state index contributed by atoms with van der Waals surface area (Å²) in [6, 6.07) is 6.13. The summed E-state index contributed by atoms with van der Waals surface area (Å²) in [6.45, 7) is 4.18. The lowest BCUT2D eigenvalue weighted by Crippen LogP contribution is -2.02. The molecule has 1 aliphatic rings. The molecule has 0 radical (unpaired) electrons. The van der Waals surface area contributed by atoms with Gasteiger partial charge in [-0.15, -0.1) is 9.24 Å². The number of rotatable bonds is 3. The summed E-state index contributed by atoms with van der Waals surface area (Å²) < 4.78 is 0. The van der Waals surface area contributed by atoms with Crippen LogP contribution >= 0.6 is 20.8 Å². The van der Waals surface area contributed by atoms with Crippen molar-refractivity contribution in [3.8, 4) is 0 Å². The predicted molar refractivity (Wildman–Crippen MR) is 94.0 cm³/mol. The second kappa shape index (κ2) is 7.02. The molecule has 1 aromatic carbocycles. The van der Waals surface area contributed by atoms with E-state index in [4.69, 9.17) is 11.6 Å². The SMILES string of the molecule is CC/C=C(\C1=CCC=CN=C1C)c1ccc(P)cc1Cl. The van der Waals surface area contributed by atoms with Crippen molar-refractivity contribution < 1.29 is 0 Å². The zero-order chi connectivity index (χ0) is 14.5. The zero-order valence-corrected chi connectivity index (χ0v) is 13.8. The summed E-state index contributed by atoms with van der Waals surface area (Å²) in [5.74, 6) is 0. The minimum atomic E-state index is 0.781.